The third kappa shape index (κ3) is 3.75. The Balaban J connectivity index is 1.58. The third-order valence-corrected chi connectivity index (χ3v) is 4.72. The van der Waals surface area contributed by atoms with Gasteiger partial charge in [-0.1, -0.05) is 12.1 Å². The molecule has 0 saturated heterocycles. The van der Waals surface area contributed by atoms with Crippen LogP contribution in [0.1, 0.15) is 34.5 Å². The maximum atomic E-state index is 13.0. The molecule has 0 bridgehead atoms. The van der Waals surface area contributed by atoms with Crippen LogP contribution < -0.4 is 10.1 Å². The van der Waals surface area contributed by atoms with E-state index >= 15 is 0 Å². The van der Waals surface area contributed by atoms with Crippen molar-refractivity contribution in [1.29, 1.82) is 0 Å². The predicted molar refractivity (Wildman–Crippen MR) is 105 cm³/mol. The van der Waals surface area contributed by atoms with Crippen LogP contribution in [0.15, 0.2) is 42.7 Å². The highest BCUT2D eigenvalue weighted by Crippen LogP contribution is 2.33. The van der Waals surface area contributed by atoms with Crippen molar-refractivity contribution in [2.75, 3.05) is 18.5 Å². The highest BCUT2D eigenvalue weighted by Gasteiger charge is 2.24. The van der Waals surface area contributed by atoms with Crippen molar-refractivity contribution in [2.24, 2.45) is 0 Å². The van der Waals surface area contributed by atoms with Crippen LogP contribution in [0.5, 0.6) is 5.88 Å². The van der Waals surface area contributed by atoms with Crippen LogP contribution in [0.3, 0.4) is 0 Å². The van der Waals surface area contributed by atoms with Crippen LogP contribution >= 0.6 is 0 Å². The Labute approximate surface area is 162 Å². The summed E-state index contributed by atoms with van der Waals surface area (Å²) in [5.41, 5.74) is 4.51. The van der Waals surface area contributed by atoms with E-state index < -0.39 is 0 Å². The summed E-state index contributed by atoms with van der Waals surface area (Å²) in [6.45, 7) is 0.430. The number of carbonyl (C=O) groups is 1. The topological polar surface area (TPSA) is 100 Å². The van der Waals surface area contributed by atoms with Gasteiger partial charge in [0.2, 0.25) is 5.88 Å². The third-order valence-electron chi connectivity index (χ3n) is 4.72. The van der Waals surface area contributed by atoms with E-state index in [0.29, 0.717) is 30.3 Å². The minimum atomic E-state index is -0.240. The first-order valence-electron chi connectivity index (χ1n) is 9.43. The zero-order valence-electron chi connectivity index (χ0n) is 15.4. The maximum absolute atomic E-state index is 13.0. The molecule has 3 aromatic heterocycles. The molecule has 0 saturated carbocycles. The lowest BCUT2D eigenvalue weighted by Gasteiger charge is -2.10. The molecular formula is C21H22N4O3. The van der Waals surface area contributed by atoms with Crippen LogP contribution in [0.4, 0.5) is 5.82 Å². The average Bonchev–Trinajstić information content (AvgIpc) is 3.04. The number of amides is 1. The number of rotatable bonds is 6. The highest BCUT2D eigenvalue weighted by molar-refractivity contribution is 6.08. The van der Waals surface area contributed by atoms with Crippen molar-refractivity contribution in [3.05, 3.63) is 59.5 Å². The first-order chi connectivity index (χ1) is 13.8. The molecule has 1 aliphatic carbocycles. The second-order valence-electron chi connectivity index (χ2n) is 6.66. The fraction of sp³-hybridized carbons (Fsp3) is 0.286. The maximum Gasteiger partial charge on any atom is 0.259 e. The molecule has 1 amide bonds. The summed E-state index contributed by atoms with van der Waals surface area (Å²) in [5, 5.41) is 11.7. The Kier molecular flexibility index (Phi) is 5.34. The van der Waals surface area contributed by atoms with Crippen LogP contribution in [-0.4, -0.2) is 39.2 Å². The number of ether oxygens (including phenoxy) is 1. The molecule has 0 atom stereocenters. The average molecular weight is 378 g/mol. The molecule has 7 heteroatoms. The zero-order chi connectivity index (χ0) is 19.3. The van der Waals surface area contributed by atoms with Crippen LogP contribution in [0.25, 0.3) is 11.3 Å². The fourth-order valence-electron chi connectivity index (χ4n) is 3.42. The molecule has 0 spiro atoms. The van der Waals surface area contributed by atoms with Gasteiger partial charge in [-0.2, -0.15) is 4.98 Å². The summed E-state index contributed by atoms with van der Waals surface area (Å²) in [6.07, 6.45) is 6.87. The van der Waals surface area contributed by atoms with Gasteiger partial charge in [0.1, 0.15) is 5.82 Å². The van der Waals surface area contributed by atoms with Gasteiger partial charge >= 0.3 is 0 Å². The molecule has 7 nitrogen and oxygen atoms in total. The molecule has 3 aromatic rings. The van der Waals surface area contributed by atoms with Crippen LogP contribution in [0, 0.1) is 0 Å². The van der Waals surface area contributed by atoms with Crippen molar-refractivity contribution in [3.63, 3.8) is 0 Å². The number of H-pyrrole nitrogens is 1. The number of anilines is 1. The Morgan fingerprint density at radius 3 is 3.07 bits per heavy atom. The molecule has 0 aliphatic heterocycles. The number of aryl methyl sites for hydroxylation is 2. The number of fused-ring (bicyclic) bond motifs is 3. The van der Waals surface area contributed by atoms with E-state index in [-0.39, 0.29) is 12.5 Å². The molecule has 3 heterocycles. The van der Waals surface area contributed by atoms with Gasteiger partial charge in [-0.05, 0) is 37.0 Å². The van der Waals surface area contributed by atoms with Gasteiger partial charge in [0.15, 0.2) is 0 Å². The number of nitrogens with one attached hydrogen (secondary N) is 2. The Morgan fingerprint density at radius 1 is 1.25 bits per heavy atom. The number of aliphatic hydroxyl groups is 1. The smallest absolute Gasteiger partial charge is 0.259 e. The number of hydrogen-bond donors (Lipinski definition) is 3. The standard InChI is InChI=1S/C21H22N4O3/c26-11-4-12-28-18-9-2-8-17(24-18)25-21(27)15-13-23-16-7-1-5-14-6-3-10-22-20(14)19(15)16/h2-3,6,8-10,13,23,26H,1,4-5,7,11-12H2,(H,24,25,27). The van der Waals surface area contributed by atoms with Crippen molar-refractivity contribution < 1.29 is 14.6 Å². The predicted octanol–water partition coefficient (Wildman–Crippen LogP) is 2.97. The van der Waals surface area contributed by atoms with Gasteiger partial charge in [-0.3, -0.25) is 9.78 Å². The summed E-state index contributed by atoms with van der Waals surface area (Å²) in [5.74, 6) is 0.582. The second-order valence-corrected chi connectivity index (χ2v) is 6.66. The van der Waals surface area contributed by atoms with Crippen molar-refractivity contribution in [1.82, 2.24) is 15.0 Å². The van der Waals surface area contributed by atoms with Crippen molar-refractivity contribution in [2.45, 2.75) is 25.7 Å². The number of aromatic nitrogens is 3. The first kappa shape index (κ1) is 18.2. The lowest BCUT2D eigenvalue weighted by molar-refractivity contribution is 0.102. The molecule has 144 valence electrons. The van der Waals surface area contributed by atoms with Gasteiger partial charge in [0, 0.05) is 42.7 Å². The zero-order valence-corrected chi connectivity index (χ0v) is 15.4. The van der Waals surface area contributed by atoms with E-state index in [9.17, 15) is 4.79 Å². The van der Waals surface area contributed by atoms with Crippen LogP contribution in [-0.2, 0) is 12.8 Å². The van der Waals surface area contributed by atoms with E-state index in [1.165, 1.54) is 0 Å². The molecule has 0 aromatic carbocycles. The summed E-state index contributed by atoms with van der Waals surface area (Å²) < 4.78 is 5.47. The lowest BCUT2D eigenvalue weighted by atomic mass is 10.0. The molecule has 0 radical (unpaired) electrons. The molecule has 4 rings (SSSR count). The molecule has 28 heavy (non-hydrogen) atoms. The van der Waals surface area contributed by atoms with Gasteiger partial charge in [0.25, 0.3) is 5.91 Å². The summed E-state index contributed by atoms with van der Waals surface area (Å²) in [6, 6.07) is 9.21. The van der Waals surface area contributed by atoms with Crippen molar-refractivity contribution >= 4 is 11.7 Å². The summed E-state index contributed by atoms with van der Waals surface area (Å²) >= 11 is 0. The SMILES string of the molecule is O=C(Nc1cccc(OCCCO)n1)c1c[nH]c2c1-c1ncccc1CCC2. The normalized spacial score (nSPS) is 12.6. The number of aliphatic hydroxyl groups excluding tert-OH is 1. The monoisotopic (exact) mass is 378 g/mol. The van der Waals surface area contributed by atoms with E-state index in [4.69, 9.17) is 9.84 Å². The van der Waals surface area contributed by atoms with Gasteiger partial charge in [-0.15, -0.1) is 0 Å². The molecule has 1 aliphatic rings. The first-order valence-corrected chi connectivity index (χ1v) is 9.43. The fourth-order valence-corrected chi connectivity index (χ4v) is 3.42. The van der Waals surface area contributed by atoms with Crippen LogP contribution in [0.2, 0.25) is 0 Å². The Hall–Kier alpha value is -3.19. The molecular weight excluding hydrogens is 356 g/mol. The van der Waals surface area contributed by atoms with Gasteiger partial charge in [0.05, 0.1) is 17.9 Å². The minimum Gasteiger partial charge on any atom is -0.478 e. The van der Waals surface area contributed by atoms with Crippen molar-refractivity contribution in [3.8, 4) is 17.1 Å². The Morgan fingerprint density at radius 2 is 2.18 bits per heavy atom. The van der Waals surface area contributed by atoms with E-state index in [2.05, 4.69) is 26.3 Å². The largest absolute Gasteiger partial charge is 0.478 e. The van der Waals surface area contributed by atoms with Gasteiger partial charge in [-0.25, -0.2) is 0 Å². The summed E-state index contributed by atoms with van der Waals surface area (Å²) in [7, 11) is 0. The number of carbonyl (C=O) groups excluding carboxylic acids is 1. The Bertz CT molecular complexity index is 983. The van der Waals surface area contributed by atoms with E-state index in [1.807, 2.05) is 6.07 Å². The van der Waals surface area contributed by atoms with E-state index in [1.54, 1.807) is 30.6 Å². The molecule has 0 unspecified atom stereocenters. The summed E-state index contributed by atoms with van der Waals surface area (Å²) in [4.78, 5) is 25.1. The highest BCUT2D eigenvalue weighted by atomic mass is 16.5. The number of hydrogen-bond acceptors (Lipinski definition) is 5. The number of nitrogens with zero attached hydrogens (tertiary/aromatic N) is 2. The lowest BCUT2D eigenvalue weighted by Crippen LogP contribution is -2.14. The minimum absolute atomic E-state index is 0.0601. The second kappa shape index (κ2) is 8.22. The molecule has 0 fully saturated rings. The number of aromatic amines is 1. The van der Waals surface area contributed by atoms with Gasteiger partial charge < -0.3 is 20.1 Å². The quantitative estimate of drug-likeness (QED) is 0.573. The van der Waals surface area contributed by atoms with E-state index in [0.717, 1.165) is 41.8 Å². The number of pyridine rings is 2. The molecule has 3 N–H and O–H groups in total.